The molecule has 0 saturated carbocycles. The van der Waals surface area contributed by atoms with E-state index in [2.05, 4.69) is 13.8 Å². The molecule has 0 bridgehead atoms. The van der Waals surface area contributed by atoms with Crippen molar-refractivity contribution in [2.24, 2.45) is 5.92 Å². The summed E-state index contributed by atoms with van der Waals surface area (Å²) in [7, 11) is 0. The van der Waals surface area contributed by atoms with Gasteiger partial charge in [0.25, 0.3) is 0 Å². The van der Waals surface area contributed by atoms with Crippen LogP contribution in [0.5, 0.6) is 0 Å². The molecular formula is C16H26N2O3. The summed E-state index contributed by atoms with van der Waals surface area (Å²) in [6, 6.07) is 7.50. The lowest BCUT2D eigenvalue weighted by atomic mass is 10.1. The number of anilines is 2. The number of nitrogen functional groups attached to an aromatic ring is 1. The van der Waals surface area contributed by atoms with Gasteiger partial charge in [-0.25, -0.2) is 0 Å². The number of para-hydroxylation sites is 2. The first-order valence-corrected chi connectivity index (χ1v) is 7.39. The molecule has 0 amide bonds. The Hall–Kier alpha value is -1.75. The van der Waals surface area contributed by atoms with Gasteiger partial charge >= 0.3 is 5.97 Å². The van der Waals surface area contributed by atoms with Crippen molar-refractivity contribution in [2.45, 2.75) is 26.7 Å². The minimum atomic E-state index is -0.810. The number of benzene rings is 1. The number of hydrogen-bond acceptors (Lipinski definition) is 4. The first-order valence-electron chi connectivity index (χ1n) is 7.39. The van der Waals surface area contributed by atoms with E-state index in [9.17, 15) is 4.79 Å². The van der Waals surface area contributed by atoms with E-state index in [4.69, 9.17) is 15.6 Å². The fourth-order valence-electron chi connectivity index (χ4n) is 1.95. The van der Waals surface area contributed by atoms with Crippen molar-refractivity contribution in [3.63, 3.8) is 0 Å². The van der Waals surface area contributed by atoms with Crippen molar-refractivity contribution in [2.75, 3.05) is 36.9 Å². The third-order valence-electron chi connectivity index (χ3n) is 3.22. The molecule has 1 rings (SSSR count). The second-order valence-electron chi connectivity index (χ2n) is 5.48. The summed E-state index contributed by atoms with van der Waals surface area (Å²) < 4.78 is 5.61. The molecule has 0 atom stereocenters. The van der Waals surface area contributed by atoms with Crippen LogP contribution in [0.1, 0.15) is 26.7 Å². The van der Waals surface area contributed by atoms with Gasteiger partial charge < -0.3 is 20.5 Å². The Kier molecular flexibility index (Phi) is 7.61. The Morgan fingerprint density at radius 2 is 2.00 bits per heavy atom. The Morgan fingerprint density at radius 3 is 2.62 bits per heavy atom. The van der Waals surface area contributed by atoms with Gasteiger partial charge in [-0.3, -0.25) is 4.79 Å². The van der Waals surface area contributed by atoms with E-state index in [1.54, 1.807) is 0 Å². The molecule has 5 heteroatoms. The van der Waals surface area contributed by atoms with E-state index in [0.29, 0.717) is 31.3 Å². The van der Waals surface area contributed by atoms with Crippen LogP contribution in [0.4, 0.5) is 11.4 Å². The molecule has 0 aliphatic rings. The smallest absolute Gasteiger partial charge is 0.305 e. The zero-order valence-electron chi connectivity index (χ0n) is 12.9. The zero-order valence-corrected chi connectivity index (χ0v) is 12.9. The van der Waals surface area contributed by atoms with E-state index in [-0.39, 0.29) is 6.42 Å². The lowest BCUT2D eigenvalue weighted by Gasteiger charge is -2.25. The first-order chi connectivity index (χ1) is 10.0. The van der Waals surface area contributed by atoms with Gasteiger partial charge in [0, 0.05) is 19.7 Å². The molecule has 0 unspecified atom stereocenters. The highest BCUT2D eigenvalue weighted by atomic mass is 16.5. The molecule has 0 radical (unpaired) electrons. The van der Waals surface area contributed by atoms with Crippen molar-refractivity contribution in [1.29, 1.82) is 0 Å². The fourth-order valence-corrected chi connectivity index (χ4v) is 1.95. The number of ether oxygens (including phenoxy) is 1. The average Bonchev–Trinajstić information content (AvgIpc) is 2.42. The summed E-state index contributed by atoms with van der Waals surface area (Å²) in [5.74, 6) is -0.187. The summed E-state index contributed by atoms with van der Waals surface area (Å²) in [5.41, 5.74) is 7.49. The molecule has 0 saturated heterocycles. The first kappa shape index (κ1) is 17.3. The van der Waals surface area contributed by atoms with Gasteiger partial charge in [0.1, 0.15) is 0 Å². The zero-order chi connectivity index (χ0) is 15.7. The minimum Gasteiger partial charge on any atom is -0.481 e. The summed E-state index contributed by atoms with van der Waals surface area (Å²) >= 11 is 0. The van der Waals surface area contributed by atoms with Crippen LogP contribution in [0, 0.1) is 5.92 Å². The third kappa shape index (κ3) is 6.99. The SMILES string of the molecule is CC(C)CCOCCN(CCC(=O)O)c1ccccc1N. The molecule has 0 spiro atoms. The maximum atomic E-state index is 10.8. The van der Waals surface area contributed by atoms with Gasteiger partial charge in [0.05, 0.1) is 24.4 Å². The number of nitrogens with two attached hydrogens (primary N) is 1. The van der Waals surface area contributed by atoms with Crippen LogP contribution in [-0.4, -0.2) is 37.4 Å². The van der Waals surface area contributed by atoms with Crippen molar-refractivity contribution in [1.82, 2.24) is 0 Å². The van der Waals surface area contributed by atoms with Crippen molar-refractivity contribution < 1.29 is 14.6 Å². The molecule has 21 heavy (non-hydrogen) atoms. The van der Waals surface area contributed by atoms with Crippen LogP contribution in [0.25, 0.3) is 0 Å². The van der Waals surface area contributed by atoms with Crippen LogP contribution in [0.2, 0.25) is 0 Å². The van der Waals surface area contributed by atoms with Gasteiger partial charge in [0.2, 0.25) is 0 Å². The molecule has 1 aromatic carbocycles. The summed E-state index contributed by atoms with van der Waals surface area (Å²) in [5, 5.41) is 8.86. The Labute approximate surface area is 126 Å². The molecule has 3 N–H and O–H groups in total. The Balaban J connectivity index is 2.53. The molecule has 0 aliphatic carbocycles. The standard InChI is InChI=1S/C16H26N2O3/c1-13(2)8-11-21-12-10-18(9-7-16(19)20)15-6-4-3-5-14(15)17/h3-6,13H,7-12,17H2,1-2H3,(H,19,20). The molecule has 0 heterocycles. The average molecular weight is 294 g/mol. The highest BCUT2D eigenvalue weighted by Crippen LogP contribution is 2.22. The van der Waals surface area contributed by atoms with E-state index in [0.717, 1.165) is 18.7 Å². The molecule has 0 aliphatic heterocycles. The van der Waals surface area contributed by atoms with Crippen molar-refractivity contribution in [3.8, 4) is 0 Å². The van der Waals surface area contributed by atoms with Gasteiger partial charge in [-0.15, -0.1) is 0 Å². The number of aliphatic carboxylic acids is 1. The molecule has 0 aromatic heterocycles. The fraction of sp³-hybridized carbons (Fsp3) is 0.562. The highest BCUT2D eigenvalue weighted by molar-refractivity contribution is 5.70. The summed E-state index contributed by atoms with van der Waals surface area (Å²) in [4.78, 5) is 12.8. The number of carboxylic acids is 1. The lowest BCUT2D eigenvalue weighted by Crippen LogP contribution is -2.30. The van der Waals surface area contributed by atoms with Gasteiger partial charge in [0.15, 0.2) is 0 Å². The van der Waals surface area contributed by atoms with Crippen LogP contribution in [0.15, 0.2) is 24.3 Å². The lowest BCUT2D eigenvalue weighted by molar-refractivity contribution is -0.136. The van der Waals surface area contributed by atoms with Gasteiger partial charge in [-0.2, -0.15) is 0 Å². The Morgan fingerprint density at radius 1 is 1.29 bits per heavy atom. The molecule has 118 valence electrons. The van der Waals surface area contributed by atoms with Crippen LogP contribution in [-0.2, 0) is 9.53 Å². The molecule has 0 fully saturated rings. The summed E-state index contributed by atoms with van der Waals surface area (Å²) in [6.07, 6.45) is 1.11. The minimum absolute atomic E-state index is 0.0837. The number of hydrogen-bond donors (Lipinski definition) is 2. The third-order valence-corrected chi connectivity index (χ3v) is 3.22. The van der Waals surface area contributed by atoms with Crippen LogP contribution in [0.3, 0.4) is 0 Å². The Bertz CT molecular complexity index is 435. The van der Waals surface area contributed by atoms with Crippen LogP contribution >= 0.6 is 0 Å². The number of carboxylic acid groups (broad SMARTS) is 1. The largest absolute Gasteiger partial charge is 0.481 e. The van der Waals surface area contributed by atoms with Crippen molar-refractivity contribution >= 4 is 17.3 Å². The van der Waals surface area contributed by atoms with Gasteiger partial charge in [-0.05, 0) is 24.5 Å². The summed E-state index contributed by atoms with van der Waals surface area (Å²) in [6.45, 7) is 6.69. The quantitative estimate of drug-likeness (QED) is 0.512. The monoisotopic (exact) mass is 294 g/mol. The second kappa shape index (κ2) is 9.23. The number of carbonyl (C=O) groups is 1. The normalized spacial score (nSPS) is 10.8. The maximum Gasteiger partial charge on any atom is 0.305 e. The molecule has 5 nitrogen and oxygen atoms in total. The van der Waals surface area contributed by atoms with E-state index >= 15 is 0 Å². The van der Waals surface area contributed by atoms with E-state index in [1.165, 1.54) is 0 Å². The number of rotatable bonds is 10. The van der Waals surface area contributed by atoms with Crippen LogP contribution < -0.4 is 10.6 Å². The molecular weight excluding hydrogens is 268 g/mol. The topological polar surface area (TPSA) is 75.8 Å². The number of nitrogens with zero attached hydrogens (tertiary/aromatic N) is 1. The second-order valence-corrected chi connectivity index (χ2v) is 5.48. The predicted molar refractivity (Wildman–Crippen MR) is 85.6 cm³/mol. The molecule has 1 aromatic rings. The maximum absolute atomic E-state index is 10.8. The van der Waals surface area contributed by atoms with E-state index in [1.807, 2.05) is 29.2 Å². The van der Waals surface area contributed by atoms with Gasteiger partial charge in [-0.1, -0.05) is 26.0 Å². The van der Waals surface area contributed by atoms with Crippen molar-refractivity contribution in [3.05, 3.63) is 24.3 Å². The van der Waals surface area contributed by atoms with E-state index < -0.39 is 5.97 Å². The predicted octanol–water partition coefficient (Wildman–Crippen LogP) is 2.61. The highest BCUT2D eigenvalue weighted by Gasteiger charge is 2.11.